The highest BCUT2D eigenvalue weighted by Crippen LogP contribution is 2.65. The molecule has 0 radical (unpaired) electrons. The molecule has 0 saturated carbocycles. The van der Waals surface area contributed by atoms with E-state index in [2.05, 4.69) is 220 Å². The number of aliphatic imine (C=N–C) groups is 2. The Morgan fingerprint density at radius 3 is 1.62 bits per heavy atom. The van der Waals surface area contributed by atoms with Crippen molar-refractivity contribution < 1.29 is 0 Å². The summed E-state index contributed by atoms with van der Waals surface area (Å²) in [5, 5.41) is 0. The molecule has 0 saturated heterocycles. The van der Waals surface area contributed by atoms with E-state index in [1.807, 2.05) is 12.1 Å². The van der Waals surface area contributed by atoms with Crippen LogP contribution in [0.25, 0.3) is 22.3 Å². The summed E-state index contributed by atoms with van der Waals surface area (Å²) in [7, 11) is 0. The van der Waals surface area contributed by atoms with Gasteiger partial charge in [-0.25, -0.2) is 4.99 Å². The smallest absolute Gasteiger partial charge is 0.155 e. The Balaban J connectivity index is 0.00000231. The van der Waals surface area contributed by atoms with Crippen molar-refractivity contribution in [3.63, 3.8) is 0 Å². The fraction of sp³-hybridized carbons (Fsp3) is 0.107. The van der Waals surface area contributed by atoms with E-state index in [1.54, 1.807) is 0 Å². The Kier molecular flexibility index (Phi) is 11.1. The van der Waals surface area contributed by atoms with E-state index in [0.717, 1.165) is 41.1 Å². The van der Waals surface area contributed by atoms with Gasteiger partial charge in [0.05, 0.1) is 12.0 Å². The molecule has 7 aromatic rings. The van der Waals surface area contributed by atoms with Crippen LogP contribution in [0.1, 0.15) is 52.3 Å². The molecule has 2 aliphatic carbocycles. The number of nitrogens with zero attached hydrogens (tertiary/aromatic N) is 2. The Labute approximate surface area is 343 Å². The molecule has 0 bridgehead atoms. The number of amidine groups is 1. The minimum absolute atomic E-state index is 0.256. The number of allylic oxidation sites excluding steroid dienone is 4. The Hall–Kier alpha value is -7.08. The average molecular weight is 747 g/mol. The van der Waals surface area contributed by atoms with Crippen LogP contribution in [0, 0.1) is 18.3 Å². The van der Waals surface area contributed by atoms with Crippen molar-refractivity contribution in [2.75, 3.05) is 0 Å². The van der Waals surface area contributed by atoms with Gasteiger partial charge in [-0.3, -0.25) is 4.99 Å². The average Bonchev–Trinajstić information content (AvgIpc) is 3.58. The molecule has 58 heavy (non-hydrogen) atoms. The Bertz CT molecular complexity index is 2570. The van der Waals surface area contributed by atoms with E-state index in [0.29, 0.717) is 6.54 Å². The quantitative estimate of drug-likeness (QED) is 0.0840. The maximum atomic E-state index is 5.29. The number of terminal acetylenes is 1. The Morgan fingerprint density at radius 2 is 1.07 bits per heavy atom. The van der Waals surface area contributed by atoms with Crippen LogP contribution in [0.2, 0.25) is 0 Å². The summed E-state index contributed by atoms with van der Waals surface area (Å²) in [6, 6.07) is 68.0. The molecule has 0 amide bonds. The summed E-state index contributed by atoms with van der Waals surface area (Å²) in [5.41, 5.74) is 13.7. The molecule has 280 valence electrons. The van der Waals surface area contributed by atoms with Gasteiger partial charge < -0.3 is 0 Å². The molecule has 0 aliphatic heterocycles. The molecule has 2 heteroatoms. The molecular weight excluding hydrogens is 701 g/mol. The van der Waals surface area contributed by atoms with Crippen LogP contribution in [0.5, 0.6) is 0 Å². The highest BCUT2D eigenvalue weighted by Gasteiger charge is 2.59. The van der Waals surface area contributed by atoms with Crippen molar-refractivity contribution >= 4 is 11.5 Å². The first-order valence-corrected chi connectivity index (χ1v) is 20.0. The van der Waals surface area contributed by atoms with Gasteiger partial charge in [0.15, 0.2) is 5.84 Å². The van der Waals surface area contributed by atoms with Gasteiger partial charge in [0.1, 0.15) is 0 Å². The molecule has 2 nitrogen and oxygen atoms in total. The lowest BCUT2D eigenvalue weighted by Gasteiger charge is -2.48. The zero-order valence-corrected chi connectivity index (χ0v) is 32.9. The van der Waals surface area contributed by atoms with Crippen molar-refractivity contribution in [1.29, 1.82) is 0 Å². The molecule has 2 aliphatic rings. The topological polar surface area (TPSA) is 24.7 Å². The lowest BCUT2D eigenvalue weighted by molar-refractivity contribution is 0.285. The van der Waals surface area contributed by atoms with Gasteiger partial charge in [0.25, 0.3) is 0 Å². The second-order valence-electron chi connectivity index (χ2n) is 15.0. The van der Waals surface area contributed by atoms with Crippen LogP contribution in [0.4, 0.5) is 0 Å². The van der Waals surface area contributed by atoms with E-state index < -0.39 is 5.41 Å². The lowest BCUT2D eigenvalue weighted by atomic mass is 9.53. The summed E-state index contributed by atoms with van der Waals surface area (Å²) >= 11 is 0. The van der Waals surface area contributed by atoms with Gasteiger partial charge in [0, 0.05) is 16.7 Å². The monoisotopic (exact) mass is 746 g/mol. The fourth-order valence-electron chi connectivity index (χ4n) is 9.22. The summed E-state index contributed by atoms with van der Waals surface area (Å²) in [6.07, 6.45) is 19.2. The molecular formula is C56H46N2. The summed E-state index contributed by atoms with van der Waals surface area (Å²) in [4.78, 5) is 10.4. The maximum Gasteiger partial charge on any atom is 0.155 e. The van der Waals surface area contributed by atoms with Crippen LogP contribution in [0.3, 0.4) is 0 Å². The van der Waals surface area contributed by atoms with Gasteiger partial charge in [0.2, 0.25) is 0 Å². The standard InChI is InChI=1S/C54H44N2.C2H2/c1-40(42-21-7-2-8-22-42)56-52(45-27-13-5-14-28-45)55-39-41-33-34-46-38-53(35-19-6-20-36-53)54(51(46)37-41,49-31-17-15-29-47(49)43-23-9-3-10-24-43)50-32-18-16-30-48(50)44-25-11-4-12-26-44;1-2/h2-35,37H,36,38-39H2,1H3;1-2H. The summed E-state index contributed by atoms with van der Waals surface area (Å²) in [6.45, 7) is 2.57. The summed E-state index contributed by atoms with van der Waals surface area (Å²) in [5.74, 6) is 0.736. The minimum Gasteiger partial charge on any atom is -0.261 e. The van der Waals surface area contributed by atoms with Gasteiger partial charge >= 0.3 is 0 Å². The van der Waals surface area contributed by atoms with E-state index in [9.17, 15) is 0 Å². The van der Waals surface area contributed by atoms with Crippen molar-refractivity contribution in [3.05, 3.63) is 251 Å². The van der Waals surface area contributed by atoms with Gasteiger partial charge in [-0.15, -0.1) is 12.8 Å². The van der Waals surface area contributed by atoms with Crippen molar-refractivity contribution in [3.8, 4) is 35.1 Å². The second kappa shape index (κ2) is 17.0. The van der Waals surface area contributed by atoms with Gasteiger partial charge in [-0.2, -0.15) is 0 Å². The fourth-order valence-corrected chi connectivity index (χ4v) is 9.22. The van der Waals surface area contributed by atoms with Crippen molar-refractivity contribution in [2.45, 2.75) is 31.7 Å². The zero-order chi connectivity index (χ0) is 39.8. The second-order valence-corrected chi connectivity index (χ2v) is 15.0. The van der Waals surface area contributed by atoms with Crippen LogP contribution in [-0.4, -0.2) is 11.5 Å². The van der Waals surface area contributed by atoms with E-state index in [-0.39, 0.29) is 5.41 Å². The normalized spacial score (nSPS) is 16.7. The van der Waals surface area contributed by atoms with Crippen LogP contribution < -0.4 is 0 Å². The number of fused-ring (bicyclic) bond motifs is 1. The SMILES string of the molecule is C#C.CC(=NC(=NCc1ccc2c(c1)C(c1ccccc1-c1ccccc1)(c1ccccc1-c1ccccc1)C1(C=CC=CC1)C2)c1ccccc1)c1ccccc1. The molecule has 0 N–H and O–H groups in total. The predicted molar refractivity (Wildman–Crippen MR) is 244 cm³/mol. The number of hydrogen-bond donors (Lipinski definition) is 0. The molecule has 1 spiro atoms. The zero-order valence-electron chi connectivity index (χ0n) is 32.9. The third-order valence-electron chi connectivity index (χ3n) is 11.7. The number of rotatable bonds is 8. The van der Waals surface area contributed by atoms with Crippen molar-refractivity contribution in [1.82, 2.24) is 0 Å². The van der Waals surface area contributed by atoms with E-state index >= 15 is 0 Å². The highest BCUT2D eigenvalue weighted by molar-refractivity contribution is 6.11. The molecule has 0 fully saturated rings. The van der Waals surface area contributed by atoms with Gasteiger partial charge in [-0.05, 0) is 75.4 Å². The first-order chi connectivity index (χ1) is 28.7. The van der Waals surface area contributed by atoms with Crippen molar-refractivity contribution in [2.24, 2.45) is 15.4 Å². The number of hydrogen-bond acceptors (Lipinski definition) is 1. The third-order valence-corrected chi connectivity index (χ3v) is 11.7. The Morgan fingerprint density at radius 1 is 0.552 bits per heavy atom. The lowest BCUT2D eigenvalue weighted by Crippen LogP contribution is -2.44. The minimum atomic E-state index is -0.535. The molecule has 0 heterocycles. The van der Waals surface area contributed by atoms with Crippen LogP contribution in [0.15, 0.2) is 222 Å². The maximum absolute atomic E-state index is 5.29. The molecule has 0 aromatic heterocycles. The molecule has 7 aromatic carbocycles. The largest absolute Gasteiger partial charge is 0.261 e. The van der Waals surface area contributed by atoms with E-state index in [4.69, 9.17) is 9.98 Å². The molecule has 1 atom stereocenters. The first-order valence-electron chi connectivity index (χ1n) is 20.0. The molecule has 1 unspecified atom stereocenters. The third kappa shape index (κ3) is 6.97. The summed E-state index contributed by atoms with van der Waals surface area (Å²) < 4.78 is 0. The predicted octanol–water partition coefficient (Wildman–Crippen LogP) is 13.1. The van der Waals surface area contributed by atoms with Gasteiger partial charge in [-0.1, -0.05) is 212 Å². The number of benzene rings is 7. The van der Waals surface area contributed by atoms with Crippen LogP contribution in [-0.2, 0) is 18.4 Å². The van der Waals surface area contributed by atoms with E-state index in [1.165, 1.54) is 44.5 Å². The molecule has 9 rings (SSSR count). The first kappa shape index (κ1) is 37.8. The van der Waals surface area contributed by atoms with Crippen LogP contribution >= 0.6 is 0 Å². The highest BCUT2D eigenvalue weighted by atomic mass is 14.9.